The van der Waals surface area contributed by atoms with Crippen molar-refractivity contribution in [3.05, 3.63) is 65.4 Å². The monoisotopic (exact) mass is 492 g/mol. The number of rotatable bonds is 6. The molecule has 0 bridgehead atoms. The predicted octanol–water partition coefficient (Wildman–Crippen LogP) is 2.94. The van der Waals surface area contributed by atoms with E-state index in [0.717, 1.165) is 24.6 Å². The Balaban J connectivity index is 1.48. The van der Waals surface area contributed by atoms with Gasteiger partial charge in [0.25, 0.3) is 11.8 Å². The topological polar surface area (TPSA) is 139 Å². The summed E-state index contributed by atoms with van der Waals surface area (Å²) >= 11 is 0. The molecular formula is C25H29FN8O2. The Bertz CT molecular complexity index is 1260. The summed E-state index contributed by atoms with van der Waals surface area (Å²) in [4.78, 5) is 34.8. The minimum Gasteiger partial charge on any atom is -0.364 e. The fraction of sp³-hybridized carbons (Fsp3) is 0.360. The maximum absolute atomic E-state index is 13.6. The molecule has 4 rings (SSSR count). The highest BCUT2D eigenvalue weighted by atomic mass is 19.1. The number of benzene rings is 1. The number of nitrogens with zero attached hydrogens (tertiary/aromatic N) is 5. The van der Waals surface area contributed by atoms with E-state index in [-0.39, 0.29) is 40.5 Å². The van der Waals surface area contributed by atoms with Crippen molar-refractivity contribution in [3.8, 4) is 0 Å². The first-order chi connectivity index (χ1) is 17.1. The third-order valence-electron chi connectivity index (χ3n) is 5.93. The molecule has 2 amide bonds. The molecule has 1 atom stereocenters. The van der Waals surface area contributed by atoms with Crippen LogP contribution in [0.4, 0.5) is 21.8 Å². The molecule has 0 spiro atoms. The van der Waals surface area contributed by atoms with Gasteiger partial charge in [0.1, 0.15) is 5.82 Å². The molecule has 0 saturated carbocycles. The van der Waals surface area contributed by atoms with Gasteiger partial charge in [0.05, 0.1) is 18.1 Å². The zero-order valence-electron chi connectivity index (χ0n) is 20.5. The second-order valence-electron chi connectivity index (χ2n) is 9.78. The van der Waals surface area contributed by atoms with Crippen molar-refractivity contribution in [2.75, 3.05) is 23.3 Å². The lowest BCUT2D eigenvalue weighted by atomic mass is 9.86. The van der Waals surface area contributed by atoms with Crippen LogP contribution in [0, 0.1) is 5.82 Å². The van der Waals surface area contributed by atoms with E-state index in [0.29, 0.717) is 18.7 Å². The van der Waals surface area contributed by atoms with Gasteiger partial charge in [-0.3, -0.25) is 14.6 Å². The third-order valence-corrected chi connectivity index (χ3v) is 5.93. The van der Waals surface area contributed by atoms with Crippen molar-refractivity contribution in [1.29, 1.82) is 0 Å². The van der Waals surface area contributed by atoms with Crippen molar-refractivity contribution in [3.63, 3.8) is 0 Å². The number of hydrogen-bond acceptors (Lipinski definition) is 8. The molecular weight excluding hydrogens is 463 g/mol. The quantitative estimate of drug-likeness (QED) is 0.477. The molecule has 2 aromatic heterocycles. The Morgan fingerprint density at radius 3 is 2.56 bits per heavy atom. The average Bonchev–Trinajstić information content (AvgIpc) is 2.83. The summed E-state index contributed by atoms with van der Waals surface area (Å²) in [7, 11) is 0. The van der Waals surface area contributed by atoms with Gasteiger partial charge in [-0.25, -0.2) is 4.39 Å². The molecule has 1 aromatic carbocycles. The molecule has 0 radical (unpaired) electrons. The highest BCUT2D eigenvalue weighted by Gasteiger charge is 2.26. The van der Waals surface area contributed by atoms with Crippen LogP contribution >= 0.6 is 0 Å². The second-order valence-corrected chi connectivity index (χ2v) is 9.78. The van der Waals surface area contributed by atoms with Crippen molar-refractivity contribution in [2.24, 2.45) is 5.73 Å². The van der Waals surface area contributed by atoms with Gasteiger partial charge in [0.15, 0.2) is 11.5 Å². The summed E-state index contributed by atoms with van der Waals surface area (Å²) in [5.41, 5.74) is 7.29. The first-order valence-corrected chi connectivity index (χ1v) is 11.7. The predicted molar refractivity (Wildman–Crippen MR) is 134 cm³/mol. The SMILES string of the molecule is CC(C)(C)c1ccc(C(=O)N[C@H]2CCCN(c3nnc(C(N)=O)c(Nc4cncc(F)c4)n3)C2)cc1. The zero-order chi connectivity index (χ0) is 25.9. The smallest absolute Gasteiger partial charge is 0.273 e. The van der Waals surface area contributed by atoms with E-state index in [2.05, 4.69) is 51.6 Å². The normalized spacial score (nSPS) is 15.9. The van der Waals surface area contributed by atoms with E-state index in [9.17, 15) is 14.0 Å². The van der Waals surface area contributed by atoms with Crippen LogP contribution in [0.2, 0.25) is 0 Å². The molecule has 1 aliphatic rings. The molecule has 36 heavy (non-hydrogen) atoms. The molecule has 0 unspecified atom stereocenters. The summed E-state index contributed by atoms with van der Waals surface area (Å²) in [5.74, 6) is -1.21. The highest BCUT2D eigenvalue weighted by Crippen LogP contribution is 2.24. The Labute approximate surface area is 208 Å². The Hall–Kier alpha value is -4.15. The van der Waals surface area contributed by atoms with Gasteiger partial charge in [-0.15, -0.1) is 10.2 Å². The van der Waals surface area contributed by atoms with E-state index < -0.39 is 11.7 Å². The third kappa shape index (κ3) is 5.91. The van der Waals surface area contributed by atoms with Crippen LogP contribution in [-0.4, -0.2) is 51.1 Å². The fourth-order valence-corrected chi connectivity index (χ4v) is 3.99. The molecule has 1 fully saturated rings. The summed E-state index contributed by atoms with van der Waals surface area (Å²) < 4.78 is 13.6. The minimum atomic E-state index is -0.824. The van der Waals surface area contributed by atoms with E-state index in [1.54, 1.807) is 0 Å². The standard InChI is InChI=1S/C25H29FN8O2/c1-25(2,3)16-8-6-15(7-9-16)23(36)30-18-5-4-10-34(14-18)24-31-22(20(21(27)35)32-33-24)29-19-11-17(26)12-28-13-19/h6-9,11-13,18H,4-5,10,14H2,1-3H3,(H2,27,35)(H,30,36)(H,29,31,33)/t18-/m0/s1. The largest absolute Gasteiger partial charge is 0.364 e. The van der Waals surface area contributed by atoms with Crippen LogP contribution in [0.3, 0.4) is 0 Å². The lowest BCUT2D eigenvalue weighted by Gasteiger charge is -2.33. The van der Waals surface area contributed by atoms with Gasteiger partial charge in [-0.05, 0) is 36.0 Å². The van der Waals surface area contributed by atoms with Gasteiger partial charge < -0.3 is 21.3 Å². The fourth-order valence-electron chi connectivity index (χ4n) is 3.99. The van der Waals surface area contributed by atoms with Gasteiger partial charge in [0.2, 0.25) is 5.95 Å². The second kappa shape index (κ2) is 10.2. The number of pyridine rings is 1. The molecule has 0 aliphatic carbocycles. The number of nitrogens with two attached hydrogens (primary N) is 1. The van der Waals surface area contributed by atoms with E-state index >= 15 is 0 Å². The van der Waals surface area contributed by atoms with Crippen molar-refractivity contribution >= 4 is 29.3 Å². The molecule has 3 heterocycles. The number of anilines is 3. The summed E-state index contributed by atoms with van der Waals surface area (Å²) in [6, 6.07) is 8.71. The lowest BCUT2D eigenvalue weighted by molar-refractivity contribution is 0.0931. The molecule has 1 aliphatic heterocycles. The number of carbonyl (C=O) groups is 2. The van der Waals surface area contributed by atoms with Gasteiger partial charge in [-0.2, -0.15) is 4.98 Å². The van der Waals surface area contributed by atoms with Crippen molar-refractivity contribution in [2.45, 2.75) is 45.1 Å². The maximum Gasteiger partial charge on any atom is 0.273 e. The van der Waals surface area contributed by atoms with Crippen LogP contribution in [0.15, 0.2) is 42.7 Å². The summed E-state index contributed by atoms with van der Waals surface area (Å²) in [6.45, 7) is 7.49. The number of carbonyl (C=O) groups excluding carboxylic acids is 2. The van der Waals surface area contributed by atoms with Crippen LogP contribution in [-0.2, 0) is 5.41 Å². The van der Waals surface area contributed by atoms with Crippen LogP contribution < -0.4 is 21.3 Å². The lowest BCUT2D eigenvalue weighted by Crippen LogP contribution is -2.48. The van der Waals surface area contributed by atoms with Crippen molar-refractivity contribution < 1.29 is 14.0 Å². The first kappa shape index (κ1) is 25.0. The Morgan fingerprint density at radius 1 is 1.14 bits per heavy atom. The molecule has 188 valence electrons. The number of piperidine rings is 1. The van der Waals surface area contributed by atoms with Crippen molar-refractivity contribution in [1.82, 2.24) is 25.5 Å². The van der Waals surface area contributed by atoms with E-state index in [4.69, 9.17) is 5.73 Å². The Kier molecular flexibility index (Phi) is 7.09. The van der Waals surface area contributed by atoms with Crippen LogP contribution in [0.1, 0.15) is 60.0 Å². The van der Waals surface area contributed by atoms with Gasteiger partial charge in [-0.1, -0.05) is 32.9 Å². The number of aromatic nitrogens is 4. The number of halogens is 1. The molecule has 1 saturated heterocycles. The van der Waals surface area contributed by atoms with Crippen LogP contribution in [0.5, 0.6) is 0 Å². The summed E-state index contributed by atoms with van der Waals surface area (Å²) in [6.07, 6.45) is 4.04. The molecule has 11 heteroatoms. The van der Waals surface area contributed by atoms with Gasteiger partial charge >= 0.3 is 0 Å². The maximum atomic E-state index is 13.6. The van der Waals surface area contributed by atoms with Gasteiger partial charge in [0, 0.05) is 30.8 Å². The van der Waals surface area contributed by atoms with E-state index in [1.807, 2.05) is 29.2 Å². The highest BCUT2D eigenvalue weighted by molar-refractivity contribution is 5.96. The van der Waals surface area contributed by atoms with E-state index in [1.165, 1.54) is 12.3 Å². The average molecular weight is 493 g/mol. The van der Waals surface area contributed by atoms with Crippen LogP contribution in [0.25, 0.3) is 0 Å². The number of nitrogens with one attached hydrogen (secondary N) is 2. The zero-order valence-corrected chi connectivity index (χ0v) is 20.5. The molecule has 10 nitrogen and oxygen atoms in total. The summed E-state index contributed by atoms with van der Waals surface area (Å²) in [5, 5.41) is 13.9. The number of hydrogen-bond donors (Lipinski definition) is 3. The molecule has 4 N–H and O–H groups in total. The number of amides is 2. The Morgan fingerprint density at radius 2 is 1.89 bits per heavy atom. The molecule has 3 aromatic rings. The number of primary amides is 1. The minimum absolute atomic E-state index is 0.00979. The first-order valence-electron chi connectivity index (χ1n) is 11.7.